The lowest BCUT2D eigenvalue weighted by atomic mass is 9.93. The van der Waals surface area contributed by atoms with Crippen LogP contribution < -0.4 is 5.32 Å². The van der Waals surface area contributed by atoms with Crippen LogP contribution in [0.4, 0.5) is 0 Å². The SMILES string of the molecule is C/C=C/CC(=O)N1CCC(N2CCC[C@H](C(=O)NCc3ccccn3)C2)CC1. The van der Waals surface area contributed by atoms with E-state index in [9.17, 15) is 9.59 Å². The van der Waals surface area contributed by atoms with Crippen LogP contribution in [0.5, 0.6) is 0 Å². The third-order valence-electron chi connectivity index (χ3n) is 5.86. The Morgan fingerprint density at radius 2 is 2.04 bits per heavy atom. The largest absolute Gasteiger partial charge is 0.350 e. The monoisotopic (exact) mass is 384 g/mol. The topological polar surface area (TPSA) is 65.5 Å². The Morgan fingerprint density at radius 3 is 2.75 bits per heavy atom. The van der Waals surface area contributed by atoms with E-state index in [2.05, 4.69) is 15.2 Å². The molecule has 1 aromatic heterocycles. The van der Waals surface area contributed by atoms with Crippen molar-refractivity contribution < 1.29 is 9.59 Å². The van der Waals surface area contributed by atoms with Gasteiger partial charge in [-0.25, -0.2) is 0 Å². The number of carbonyl (C=O) groups excluding carboxylic acids is 2. The van der Waals surface area contributed by atoms with Crippen LogP contribution >= 0.6 is 0 Å². The highest BCUT2D eigenvalue weighted by molar-refractivity contribution is 5.79. The summed E-state index contributed by atoms with van der Waals surface area (Å²) >= 11 is 0. The molecule has 0 bridgehead atoms. The van der Waals surface area contributed by atoms with Crippen LogP contribution in [0.2, 0.25) is 0 Å². The lowest BCUT2D eigenvalue weighted by Crippen LogP contribution is -2.51. The van der Waals surface area contributed by atoms with Crippen LogP contribution in [0.1, 0.15) is 44.7 Å². The van der Waals surface area contributed by atoms with Gasteiger partial charge < -0.3 is 10.2 Å². The van der Waals surface area contributed by atoms with E-state index >= 15 is 0 Å². The van der Waals surface area contributed by atoms with Crippen molar-refractivity contribution in [2.24, 2.45) is 5.92 Å². The molecule has 0 radical (unpaired) electrons. The molecule has 0 aromatic carbocycles. The van der Waals surface area contributed by atoms with Gasteiger partial charge >= 0.3 is 0 Å². The number of hydrogen-bond donors (Lipinski definition) is 1. The van der Waals surface area contributed by atoms with Gasteiger partial charge in [0.1, 0.15) is 0 Å². The number of aromatic nitrogens is 1. The van der Waals surface area contributed by atoms with Crippen molar-refractivity contribution in [1.29, 1.82) is 0 Å². The second-order valence-electron chi connectivity index (χ2n) is 7.76. The summed E-state index contributed by atoms with van der Waals surface area (Å²) in [5.74, 6) is 0.406. The van der Waals surface area contributed by atoms with Crippen molar-refractivity contribution in [3.8, 4) is 0 Å². The van der Waals surface area contributed by atoms with Gasteiger partial charge in [0, 0.05) is 38.3 Å². The minimum absolute atomic E-state index is 0.0480. The number of allylic oxidation sites excluding steroid dienone is 1. The van der Waals surface area contributed by atoms with Crippen LogP contribution in [-0.4, -0.2) is 58.8 Å². The van der Waals surface area contributed by atoms with Crippen molar-refractivity contribution in [3.05, 3.63) is 42.2 Å². The number of likely N-dealkylation sites (tertiary alicyclic amines) is 2. The standard InChI is InChI=1S/C22H32N4O2/c1-2-3-9-21(27)25-14-10-20(11-15-25)26-13-6-7-18(17-26)22(28)24-16-19-8-4-5-12-23-19/h2-5,8,12,18,20H,6-7,9-11,13-17H2,1H3,(H,24,28)/b3-2+/t18-/m0/s1. The first-order valence-corrected chi connectivity index (χ1v) is 10.5. The summed E-state index contributed by atoms with van der Waals surface area (Å²) in [6.45, 7) is 5.97. The Morgan fingerprint density at radius 1 is 1.21 bits per heavy atom. The average molecular weight is 385 g/mol. The number of amides is 2. The maximum Gasteiger partial charge on any atom is 0.226 e. The van der Waals surface area contributed by atoms with Crippen LogP contribution in [0.3, 0.4) is 0 Å². The van der Waals surface area contributed by atoms with Crippen LogP contribution in [-0.2, 0) is 16.1 Å². The number of carbonyl (C=O) groups is 2. The number of hydrogen-bond acceptors (Lipinski definition) is 4. The van der Waals surface area contributed by atoms with Crippen molar-refractivity contribution in [2.75, 3.05) is 26.2 Å². The zero-order chi connectivity index (χ0) is 19.8. The minimum atomic E-state index is 0.0480. The van der Waals surface area contributed by atoms with E-state index in [1.807, 2.05) is 42.2 Å². The predicted molar refractivity (Wildman–Crippen MR) is 109 cm³/mol. The van der Waals surface area contributed by atoms with E-state index in [4.69, 9.17) is 0 Å². The van der Waals surface area contributed by atoms with E-state index in [1.54, 1.807) is 6.20 Å². The molecular formula is C22H32N4O2. The van der Waals surface area contributed by atoms with E-state index < -0.39 is 0 Å². The highest BCUT2D eigenvalue weighted by Gasteiger charge is 2.32. The molecule has 2 saturated heterocycles. The van der Waals surface area contributed by atoms with Crippen molar-refractivity contribution in [1.82, 2.24) is 20.1 Å². The van der Waals surface area contributed by atoms with Crippen molar-refractivity contribution in [3.63, 3.8) is 0 Å². The maximum absolute atomic E-state index is 12.6. The van der Waals surface area contributed by atoms with Gasteiger partial charge in [-0.1, -0.05) is 18.2 Å². The molecule has 3 rings (SSSR count). The molecule has 0 aliphatic carbocycles. The van der Waals surface area contributed by atoms with Gasteiger partial charge in [0.25, 0.3) is 0 Å². The molecule has 3 heterocycles. The summed E-state index contributed by atoms with van der Waals surface area (Å²) in [7, 11) is 0. The normalized spacial score (nSPS) is 21.8. The molecule has 2 aliphatic rings. The summed E-state index contributed by atoms with van der Waals surface area (Å²) in [5, 5.41) is 3.05. The van der Waals surface area contributed by atoms with E-state index in [0.717, 1.165) is 57.6 Å². The minimum Gasteiger partial charge on any atom is -0.350 e. The van der Waals surface area contributed by atoms with Gasteiger partial charge in [-0.3, -0.25) is 19.5 Å². The van der Waals surface area contributed by atoms with E-state index in [0.29, 0.717) is 19.0 Å². The Balaban J connectivity index is 1.44. The van der Waals surface area contributed by atoms with Gasteiger partial charge in [0.15, 0.2) is 0 Å². The Hall–Kier alpha value is -2.21. The predicted octanol–water partition coefficient (Wildman–Crippen LogP) is 2.37. The first-order chi connectivity index (χ1) is 13.7. The van der Waals surface area contributed by atoms with Crippen LogP contribution in [0.25, 0.3) is 0 Å². The Labute approximate surface area is 168 Å². The molecule has 1 atom stereocenters. The molecule has 0 saturated carbocycles. The quantitative estimate of drug-likeness (QED) is 0.765. The van der Waals surface area contributed by atoms with Crippen molar-refractivity contribution in [2.45, 2.75) is 51.6 Å². The van der Waals surface area contributed by atoms with Gasteiger partial charge in [-0.05, 0) is 51.3 Å². The summed E-state index contributed by atoms with van der Waals surface area (Å²) in [5.41, 5.74) is 0.887. The lowest BCUT2D eigenvalue weighted by molar-refractivity contribution is -0.132. The zero-order valence-electron chi connectivity index (χ0n) is 16.8. The molecule has 1 N–H and O–H groups in total. The van der Waals surface area contributed by atoms with Crippen LogP contribution in [0, 0.1) is 5.92 Å². The number of pyridine rings is 1. The molecule has 2 aliphatic heterocycles. The molecule has 2 fully saturated rings. The fourth-order valence-corrected chi connectivity index (χ4v) is 4.20. The van der Waals surface area contributed by atoms with Crippen LogP contribution in [0.15, 0.2) is 36.5 Å². The number of rotatable bonds is 6. The van der Waals surface area contributed by atoms with E-state index in [-0.39, 0.29) is 17.7 Å². The third-order valence-corrected chi connectivity index (χ3v) is 5.86. The molecule has 1 aromatic rings. The van der Waals surface area contributed by atoms with Gasteiger partial charge in [0.05, 0.1) is 18.2 Å². The van der Waals surface area contributed by atoms with Gasteiger partial charge in [-0.2, -0.15) is 0 Å². The highest BCUT2D eigenvalue weighted by atomic mass is 16.2. The number of nitrogens with one attached hydrogen (secondary N) is 1. The second-order valence-corrected chi connectivity index (χ2v) is 7.76. The molecular weight excluding hydrogens is 352 g/mol. The van der Waals surface area contributed by atoms with Crippen molar-refractivity contribution >= 4 is 11.8 Å². The number of nitrogens with zero attached hydrogens (tertiary/aromatic N) is 3. The summed E-state index contributed by atoms with van der Waals surface area (Å²) < 4.78 is 0. The molecule has 6 heteroatoms. The first-order valence-electron chi connectivity index (χ1n) is 10.5. The second kappa shape index (κ2) is 10.4. The molecule has 28 heavy (non-hydrogen) atoms. The fourth-order valence-electron chi connectivity index (χ4n) is 4.20. The lowest BCUT2D eigenvalue weighted by Gasteiger charge is -2.42. The fraction of sp³-hybridized carbons (Fsp3) is 0.591. The summed E-state index contributed by atoms with van der Waals surface area (Å²) in [6, 6.07) is 6.23. The maximum atomic E-state index is 12.6. The Bertz CT molecular complexity index is 668. The third kappa shape index (κ3) is 5.64. The van der Waals surface area contributed by atoms with E-state index in [1.165, 1.54) is 0 Å². The molecule has 2 amide bonds. The molecule has 0 spiro atoms. The summed E-state index contributed by atoms with van der Waals surface area (Å²) in [4.78, 5) is 33.5. The zero-order valence-corrected chi connectivity index (χ0v) is 16.8. The van der Waals surface area contributed by atoms with Gasteiger partial charge in [-0.15, -0.1) is 0 Å². The molecule has 0 unspecified atom stereocenters. The summed E-state index contributed by atoms with van der Waals surface area (Å²) in [6.07, 6.45) is 10.1. The Kier molecular flexibility index (Phi) is 7.60. The average Bonchev–Trinajstić information content (AvgIpc) is 2.76. The molecule has 152 valence electrons. The smallest absolute Gasteiger partial charge is 0.226 e. The first kappa shape index (κ1) is 20.5. The van der Waals surface area contributed by atoms with Gasteiger partial charge in [0.2, 0.25) is 11.8 Å². The number of piperidine rings is 2. The molecule has 6 nitrogen and oxygen atoms in total. The highest BCUT2D eigenvalue weighted by Crippen LogP contribution is 2.24.